The highest BCUT2D eigenvalue weighted by Gasteiger charge is 2.25. The molecule has 0 saturated carbocycles. The largest absolute Gasteiger partial charge is 0.490 e. The van der Waals surface area contributed by atoms with Crippen molar-refractivity contribution in [2.24, 2.45) is 4.99 Å². The highest BCUT2D eigenvalue weighted by atomic mass is 16.5. The molecule has 2 heterocycles. The molecule has 0 saturated heterocycles. The van der Waals surface area contributed by atoms with E-state index in [0.29, 0.717) is 36.1 Å². The summed E-state index contributed by atoms with van der Waals surface area (Å²) in [4.78, 5) is 28.9. The van der Waals surface area contributed by atoms with Gasteiger partial charge in [0.1, 0.15) is 6.54 Å². The van der Waals surface area contributed by atoms with Crippen LogP contribution in [0.4, 0.5) is 11.4 Å². The van der Waals surface area contributed by atoms with Gasteiger partial charge in [0.2, 0.25) is 5.84 Å². The average molecular weight is 380 g/mol. The van der Waals surface area contributed by atoms with Gasteiger partial charge in [-0.25, -0.2) is 5.01 Å². The lowest BCUT2D eigenvalue weighted by Gasteiger charge is -2.27. The lowest BCUT2D eigenvalue weighted by Crippen LogP contribution is -2.54. The van der Waals surface area contributed by atoms with E-state index >= 15 is 0 Å². The molecule has 2 N–H and O–H groups in total. The lowest BCUT2D eigenvalue weighted by molar-refractivity contribution is -0.118. The summed E-state index contributed by atoms with van der Waals surface area (Å²) in [5.41, 5.74) is 5.07. The number of rotatable bonds is 3. The summed E-state index contributed by atoms with van der Waals surface area (Å²) in [6.07, 6.45) is 0.806. The molecule has 0 aliphatic carbocycles. The molecule has 0 aromatic heterocycles. The van der Waals surface area contributed by atoms with Gasteiger partial charge in [0.25, 0.3) is 11.8 Å². The number of hydrogen-bond acceptors (Lipinski definition) is 6. The number of benzene rings is 2. The van der Waals surface area contributed by atoms with E-state index in [1.54, 1.807) is 18.2 Å². The van der Waals surface area contributed by atoms with Gasteiger partial charge >= 0.3 is 0 Å². The van der Waals surface area contributed by atoms with Gasteiger partial charge in [0.15, 0.2) is 11.5 Å². The van der Waals surface area contributed by atoms with Crippen LogP contribution in [0.25, 0.3) is 0 Å². The Kier molecular flexibility index (Phi) is 4.84. The van der Waals surface area contributed by atoms with Gasteiger partial charge < -0.3 is 14.8 Å². The molecule has 0 bridgehead atoms. The number of ether oxygens (including phenoxy) is 2. The van der Waals surface area contributed by atoms with E-state index in [1.807, 2.05) is 31.2 Å². The van der Waals surface area contributed by atoms with Crippen molar-refractivity contribution in [1.82, 2.24) is 5.43 Å². The second kappa shape index (κ2) is 7.59. The molecular weight excluding hydrogens is 360 g/mol. The van der Waals surface area contributed by atoms with E-state index in [-0.39, 0.29) is 18.3 Å². The van der Waals surface area contributed by atoms with E-state index in [1.165, 1.54) is 5.01 Å². The number of carbonyl (C=O) groups excluding carboxylic acids is 2. The maximum atomic E-state index is 12.6. The van der Waals surface area contributed by atoms with Crippen molar-refractivity contribution < 1.29 is 19.1 Å². The second-order valence-corrected chi connectivity index (χ2v) is 6.51. The van der Waals surface area contributed by atoms with Gasteiger partial charge in [0, 0.05) is 18.2 Å². The van der Waals surface area contributed by atoms with Crippen molar-refractivity contribution in [3.05, 3.63) is 48.0 Å². The number of carbonyl (C=O) groups is 2. The van der Waals surface area contributed by atoms with Gasteiger partial charge in [-0.3, -0.25) is 20.0 Å². The van der Waals surface area contributed by atoms with E-state index in [4.69, 9.17) is 9.47 Å². The fraction of sp³-hybridized carbons (Fsp3) is 0.250. The molecular formula is C20H20N4O4. The number of hydrazine groups is 1. The van der Waals surface area contributed by atoms with Crippen LogP contribution in [0.1, 0.15) is 12.0 Å². The van der Waals surface area contributed by atoms with Crippen LogP contribution in [0.15, 0.2) is 47.5 Å². The summed E-state index contributed by atoms with van der Waals surface area (Å²) in [6.45, 7) is 3.02. The van der Waals surface area contributed by atoms with Crippen molar-refractivity contribution in [3.8, 4) is 11.5 Å². The summed E-state index contributed by atoms with van der Waals surface area (Å²) in [7, 11) is 0. The molecule has 28 heavy (non-hydrogen) atoms. The Hall–Kier alpha value is -3.55. The van der Waals surface area contributed by atoms with Crippen LogP contribution in [-0.2, 0) is 9.59 Å². The van der Waals surface area contributed by atoms with E-state index < -0.39 is 5.91 Å². The minimum absolute atomic E-state index is 0.0623. The molecule has 2 aliphatic rings. The number of amides is 2. The highest BCUT2D eigenvalue weighted by molar-refractivity contribution is 6.43. The molecule has 2 aliphatic heterocycles. The third-order valence-corrected chi connectivity index (χ3v) is 4.35. The predicted molar refractivity (Wildman–Crippen MR) is 105 cm³/mol. The molecule has 0 radical (unpaired) electrons. The Balaban J connectivity index is 1.48. The molecule has 2 aromatic carbocycles. The van der Waals surface area contributed by atoms with Crippen LogP contribution in [0, 0.1) is 6.92 Å². The first-order valence-electron chi connectivity index (χ1n) is 9.02. The SMILES string of the molecule is Cc1ccc(N2NC(C(=O)Nc3ccc4c(c3)OCCCO4)=NCC2=O)cc1. The standard InChI is InChI=1S/C20H20N4O4/c1-13-3-6-15(7-4-13)24-18(25)12-21-19(23-24)20(26)22-14-5-8-16-17(11-14)28-10-2-9-27-16/h3-8,11H,2,9-10,12H2,1H3,(H,21,23)(H,22,26). The molecule has 4 rings (SSSR count). The van der Waals surface area contributed by atoms with Crippen LogP contribution < -0.4 is 25.2 Å². The summed E-state index contributed by atoms with van der Waals surface area (Å²) >= 11 is 0. The third-order valence-electron chi connectivity index (χ3n) is 4.35. The van der Waals surface area contributed by atoms with Gasteiger partial charge in [-0.2, -0.15) is 0 Å². The Labute approximate surface area is 162 Å². The normalized spacial score (nSPS) is 16.0. The minimum atomic E-state index is -0.445. The van der Waals surface area contributed by atoms with E-state index in [0.717, 1.165) is 12.0 Å². The number of fused-ring (bicyclic) bond motifs is 1. The molecule has 144 valence electrons. The third kappa shape index (κ3) is 3.75. The van der Waals surface area contributed by atoms with Crippen molar-refractivity contribution >= 4 is 29.0 Å². The zero-order chi connectivity index (χ0) is 19.5. The smallest absolute Gasteiger partial charge is 0.292 e. The summed E-state index contributed by atoms with van der Waals surface area (Å²) in [5.74, 6) is 0.618. The quantitative estimate of drug-likeness (QED) is 0.850. The van der Waals surface area contributed by atoms with Crippen LogP contribution in [0.5, 0.6) is 11.5 Å². The molecule has 0 unspecified atom stereocenters. The second-order valence-electron chi connectivity index (χ2n) is 6.51. The molecule has 0 fully saturated rings. The van der Waals surface area contributed by atoms with Gasteiger partial charge in [-0.05, 0) is 31.2 Å². The predicted octanol–water partition coefficient (Wildman–Crippen LogP) is 2.04. The monoisotopic (exact) mass is 380 g/mol. The van der Waals surface area contributed by atoms with Crippen LogP contribution >= 0.6 is 0 Å². The Morgan fingerprint density at radius 2 is 1.86 bits per heavy atom. The maximum absolute atomic E-state index is 12.6. The molecule has 0 atom stereocenters. The van der Waals surface area contributed by atoms with Gasteiger partial charge in [-0.15, -0.1) is 0 Å². The topological polar surface area (TPSA) is 92.3 Å². The van der Waals surface area contributed by atoms with Crippen LogP contribution in [-0.4, -0.2) is 37.4 Å². The van der Waals surface area contributed by atoms with Crippen molar-refractivity contribution in [2.45, 2.75) is 13.3 Å². The number of nitrogens with one attached hydrogen (secondary N) is 2. The molecule has 2 amide bonds. The Bertz CT molecular complexity index is 940. The number of amidine groups is 1. The summed E-state index contributed by atoms with van der Waals surface area (Å²) in [6, 6.07) is 12.6. The Morgan fingerprint density at radius 1 is 1.11 bits per heavy atom. The van der Waals surface area contributed by atoms with Crippen molar-refractivity contribution in [3.63, 3.8) is 0 Å². The van der Waals surface area contributed by atoms with Crippen molar-refractivity contribution in [1.29, 1.82) is 0 Å². The minimum Gasteiger partial charge on any atom is -0.490 e. The van der Waals surface area contributed by atoms with E-state index in [2.05, 4.69) is 15.7 Å². The first kappa shape index (κ1) is 17.8. The first-order chi connectivity index (χ1) is 13.6. The summed E-state index contributed by atoms with van der Waals surface area (Å²) < 4.78 is 11.2. The first-order valence-corrected chi connectivity index (χ1v) is 9.02. The van der Waals surface area contributed by atoms with E-state index in [9.17, 15) is 9.59 Å². The maximum Gasteiger partial charge on any atom is 0.292 e. The molecule has 8 nitrogen and oxygen atoms in total. The average Bonchev–Trinajstić information content (AvgIpc) is 2.94. The zero-order valence-electron chi connectivity index (χ0n) is 15.4. The summed E-state index contributed by atoms with van der Waals surface area (Å²) in [5, 5.41) is 4.10. The zero-order valence-corrected chi connectivity index (χ0v) is 15.4. The number of nitrogens with zero attached hydrogens (tertiary/aromatic N) is 2. The Morgan fingerprint density at radius 3 is 2.64 bits per heavy atom. The fourth-order valence-corrected chi connectivity index (χ4v) is 2.88. The van der Waals surface area contributed by atoms with Gasteiger partial charge in [0.05, 0.1) is 18.9 Å². The number of aryl methyl sites for hydroxylation is 1. The highest BCUT2D eigenvalue weighted by Crippen LogP contribution is 2.32. The number of anilines is 2. The van der Waals surface area contributed by atoms with Crippen molar-refractivity contribution in [2.75, 3.05) is 30.1 Å². The number of hydrogen-bond donors (Lipinski definition) is 2. The van der Waals surface area contributed by atoms with Gasteiger partial charge in [-0.1, -0.05) is 17.7 Å². The number of aliphatic imine (C=N–C) groups is 1. The lowest BCUT2D eigenvalue weighted by atomic mass is 10.2. The fourth-order valence-electron chi connectivity index (χ4n) is 2.88. The molecule has 8 heteroatoms. The van der Waals surface area contributed by atoms with Crippen LogP contribution in [0.3, 0.4) is 0 Å². The molecule has 0 spiro atoms. The van der Waals surface area contributed by atoms with Crippen LogP contribution in [0.2, 0.25) is 0 Å². The molecule has 2 aromatic rings.